The van der Waals surface area contributed by atoms with Crippen LogP contribution < -0.4 is 5.32 Å². The molecule has 2 aromatic carbocycles. The number of rotatable bonds is 9. The van der Waals surface area contributed by atoms with E-state index < -0.39 is 63.4 Å². The number of esters is 1. The lowest BCUT2D eigenvalue weighted by molar-refractivity contribution is -0.192. The highest BCUT2D eigenvalue weighted by molar-refractivity contribution is 7.89. The molecule has 47 heavy (non-hydrogen) atoms. The first-order valence-electron chi connectivity index (χ1n) is 14.9. The van der Waals surface area contributed by atoms with Gasteiger partial charge in [-0.25, -0.2) is 13.2 Å². The van der Waals surface area contributed by atoms with Crippen LogP contribution in [-0.4, -0.2) is 84.4 Å². The Morgan fingerprint density at radius 3 is 2.00 bits per heavy atom. The van der Waals surface area contributed by atoms with Crippen molar-refractivity contribution in [2.24, 2.45) is 11.8 Å². The summed E-state index contributed by atoms with van der Waals surface area (Å²) in [6.45, 7) is 9.79. The number of likely N-dealkylation sites (N-methyl/N-ethyl adjacent to an activating group) is 1. The van der Waals surface area contributed by atoms with Gasteiger partial charge in [-0.15, -0.1) is 0 Å². The fourth-order valence-corrected chi connectivity index (χ4v) is 7.47. The van der Waals surface area contributed by atoms with E-state index in [1.165, 1.54) is 16.3 Å². The van der Waals surface area contributed by atoms with Crippen molar-refractivity contribution in [1.82, 2.24) is 14.5 Å². The summed E-state index contributed by atoms with van der Waals surface area (Å²) in [7, 11) is -2.68. The molecule has 2 aromatic rings. The lowest BCUT2D eigenvalue weighted by Crippen LogP contribution is -2.58. The molecule has 2 aliphatic heterocycles. The predicted octanol–water partition coefficient (Wildman–Crippen LogP) is 3.72. The van der Waals surface area contributed by atoms with Crippen molar-refractivity contribution >= 4 is 33.8 Å². The van der Waals surface area contributed by atoms with Gasteiger partial charge < -0.3 is 9.84 Å². The number of nitrogens with zero attached hydrogens (tertiary/aromatic N) is 2. The monoisotopic (exact) mass is 683 g/mol. The Hall–Kier alpha value is -3.82. The lowest BCUT2D eigenvalue weighted by Gasteiger charge is -2.32. The fourth-order valence-electron chi connectivity index (χ4n) is 5.99. The van der Waals surface area contributed by atoms with Crippen LogP contribution >= 0.6 is 0 Å². The second-order valence-electron chi connectivity index (χ2n) is 12.4. The molecule has 0 aliphatic carbocycles. The summed E-state index contributed by atoms with van der Waals surface area (Å²) in [5.41, 5.74) is 0.215. The van der Waals surface area contributed by atoms with E-state index in [0.717, 1.165) is 11.1 Å². The molecule has 2 aliphatic rings. The highest BCUT2D eigenvalue weighted by atomic mass is 32.2. The number of fused-ring (bicyclic) bond motifs is 1. The minimum Gasteiger partial charge on any atom is -0.475 e. The number of amides is 2. The third-order valence-corrected chi connectivity index (χ3v) is 10.4. The molecule has 0 spiro atoms. The number of hydrogen-bond donors (Lipinski definition) is 2. The number of imide groups is 1. The molecule has 2 saturated heterocycles. The van der Waals surface area contributed by atoms with Gasteiger partial charge in [0, 0.05) is 19.1 Å². The van der Waals surface area contributed by atoms with Crippen LogP contribution in [0.5, 0.6) is 0 Å². The van der Waals surface area contributed by atoms with Crippen molar-refractivity contribution in [1.29, 1.82) is 0 Å². The van der Waals surface area contributed by atoms with Crippen LogP contribution in [-0.2, 0) is 45.9 Å². The van der Waals surface area contributed by atoms with Crippen molar-refractivity contribution in [3.05, 3.63) is 65.7 Å². The van der Waals surface area contributed by atoms with Crippen LogP contribution in [0, 0.1) is 11.8 Å². The third-order valence-electron chi connectivity index (χ3n) is 8.49. The van der Waals surface area contributed by atoms with E-state index in [2.05, 4.69) is 26.1 Å². The number of methoxy groups -OCH3 is 1. The number of carbonyl (C=O) groups excluding carboxylic acids is 3. The molecular weight excluding hydrogens is 643 g/mol. The van der Waals surface area contributed by atoms with Crippen LogP contribution in [0.3, 0.4) is 0 Å². The highest BCUT2D eigenvalue weighted by Gasteiger charge is 2.68. The molecule has 0 bridgehead atoms. The van der Waals surface area contributed by atoms with Gasteiger partial charge in [0.25, 0.3) is 0 Å². The summed E-state index contributed by atoms with van der Waals surface area (Å²) >= 11 is 0. The van der Waals surface area contributed by atoms with Gasteiger partial charge in [-0.2, -0.15) is 17.5 Å². The van der Waals surface area contributed by atoms with Gasteiger partial charge in [-0.1, -0.05) is 77.1 Å². The summed E-state index contributed by atoms with van der Waals surface area (Å²) in [6, 6.07) is 15.2. The number of likely N-dealkylation sites (tertiary alicyclic amines) is 1. The second kappa shape index (κ2) is 14.1. The minimum atomic E-state index is -5.08. The van der Waals surface area contributed by atoms with Gasteiger partial charge in [0.15, 0.2) is 0 Å². The maximum absolute atomic E-state index is 13.8. The molecule has 4 rings (SSSR count). The minimum absolute atomic E-state index is 0.0785. The Morgan fingerprint density at radius 1 is 1.00 bits per heavy atom. The maximum Gasteiger partial charge on any atom is 0.490 e. The van der Waals surface area contributed by atoms with E-state index in [1.54, 1.807) is 26.0 Å². The summed E-state index contributed by atoms with van der Waals surface area (Å²) in [6.07, 6.45) is -4.89. The van der Waals surface area contributed by atoms with E-state index in [0.29, 0.717) is 0 Å². The number of sulfonamides is 1. The quantitative estimate of drug-likeness (QED) is 0.298. The van der Waals surface area contributed by atoms with Gasteiger partial charge >= 0.3 is 18.1 Å². The Balaban J connectivity index is 0.000000771. The molecule has 0 unspecified atom stereocenters. The number of alkyl halides is 3. The molecule has 2 amide bonds. The van der Waals surface area contributed by atoms with Crippen LogP contribution in [0.4, 0.5) is 13.2 Å². The van der Waals surface area contributed by atoms with Crippen molar-refractivity contribution < 1.29 is 50.6 Å². The predicted molar refractivity (Wildman–Crippen MR) is 164 cm³/mol. The fraction of sp³-hybridized carbons (Fsp3) is 0.500. The van der Waals surface area contributed by atoms with E-state index >= 15 is 0 Å². The summed E-state index contributed by atoms with van der Waals surface area (Å²) < 4.78 is 65.6. The van der Waals surface area contributed by atoms with Crippen molar-refractivity contribution in [2.45, 2.75) is 75.7 Å². The molecule has 0 radical (unpaired) electrons. The number of carbonyl (C=O) groups is 4. The van der Waals surface area contributed by atoms with Gasteiger partial charge in [0.2, 0.25) is 21.8 Å². The molecule has 2 heterocycles. The van der Waals surface area contributed by atoms with Crippen LogP contribution in [0.25, 0.3) is 0 Å². The lowest BCUT2D eigenvalue weighted by atomic mass is 9.78. The molecule has 2 N–H and O–H groups in total. The van der Waals surface area contributed by atoms with E-state index in [4.69, 9.17) is 14.6 Å². The van der Waals surface area contributed by atoms with Crippen LogP contribution in [0.15, 0.2) is 59.5 Å². The number of hydrogen-bond acceptors (Lipinski definition) is 8. The Morgan fingerprint density at radius 2 is 1.55 bits per heavy atom. The average molecular weight is 684 g/mol. The zero-order valence-electron chi connectivity index (χ0n) is 27.0. The smallest absolute Gasteiger partial charge is 0.475 e. The normalized spacial score (nSPS) is 22.9. The van der Waals surface area contributed by atoms with Gasteiger partial charge in [0.1, 0.15) is 5.54 Å². The first kappa shape index (κ1) is 37.6. The standard InChI is InChI=1S/C30H39N3O6S.C2HF3O2/c1-7-30(28(36)39-6)25-24(26(34)33(27(25)35)18-20-12-10-9-11-13-20)23(31-30)19-32(8-2)40(37,38)22-16-14-21(15-17-22)29(3,4)5;3-2(4,5)1(6)7/h9-17,23-25,31H,7-8,18-19H2,1-6H3;(H,6,7)/t23-,24+,25-,30-;/m1./s1. The number of carboxylic acid groups (broad SMARTS) is 1. The first-order valence-corrected chi connectivity index (χ1v) is 16.4. The topological polar surface area (TPSA) is 150 Å². The zero-order valence-corrected chi connectivity index (χ0v) is 27.8. The van der Waals surface area contributed by atoms with Gasteiger partial charge in [0.05, 0.1) is 30.4 Å². The third kappa shape index (κ3) is 7.68. The molecule has 2 fully saturated rings. The van der Waals surface area contributed by atoms with Crippen molar-refractivity contribution in [3.63, 3.8) is 0 Å². The summed E-state index contributed by atoms with van der Waals surface area (Å²) in [4.78, 5) is 50.9. The number of benzene rings is 2. The molecule has 258 valence electrons. The molecular formula is C32H40F3N3O8S. The number of nitrogens with one attached hydrogen (secondary N) is 1. The Bertz CT molecular complexity index is 1580. The van der Waals surface area contributed by atoms with E-state index in [9.17, 15) is 36.0 Å². The maximum atomic E-state index is 13.8. The Kier molecular flexibility index (Phi) is 11.3. The van der Waals surface area contributed by atoms with Gasteiger partial charge in [-0.3, -0.25) is 24.6 Å². The van der Waals surface area contributed by atoms with Crippen molar-refractivity contribution in [2.75, 3.05) is 20.2 Å². The molecule has 4 atom stereocenters. The second-order valence-corrected chi connectivity index (χ2v) is 14.3. The molecule has 0 aromatic heterocycles. The van der Waals surface area contributed by atoms with E-state index in [-0.39, 0.29) is 36.4 Å². The first-order chi connectivity index (χ1) is 21.8. The number of carboxylic acids is 1. The highest BCUT2D eigenvalue weighted by Crippen LogP contribution is 2.46. The van der Waals surface area contributed by atoms with E-state index in [1.807, 2.05) is 42.5 Å². The summed E-state index contributed by atoms with van der Waals surface area (Å²) in [5.74, 6) is -6.18. The number of halogens is 3. The molecule has 15 heteroatoms. The van der Waals surface area contributed by atoms with Crippen LogP contribution in [0.1, 0.15) is 52.2 Å². The number of aliphatic carboxylic acids is 1. The van der Waals surface area contributed by atoms with Crippen molar-refractivity contribution in [3.8, 4) is 0 Å². The van der Waals surface area contributed by atoms with Gasteiger partial charge in [-0.05, 0) is 35.1 Å². The zero-order chi connectivity index (χ0) is 35.5. The Labute approximate surface area is 272 Å². The summed E-state index contributed by atoms with van der Waals surface area (Å²) in [5, 5.41) is 10.3. The largest absolute Gasteiger partial charge is 0.490 e. The molecule has 11 nitrogen and oxygen atoms in total. The SMILES string of the molecule is CCN(C[C@H]1N[C@@](CC)(C(=O)OC)[C@H]2C(=O)N(Cc3ccccc3)C(=O)[C@@H]12)S(=O)(=O)c1ccc(C(C)(C)C)cc1.O=C(O)C(F)(F)F. The molecule has 0 saturated carbocycles. The average Bonchev–Trinajstić information content (AvgIpc) is 3.48. The van der Waals surface area contributed by atoms with Crippen LogP contribution in [0.2, 0.25) is 0 Å². The number of ether oxygens (including phenoxy) is 1.